The number of morpholine rings is 1. The Morgan fingerprint density at radius 2 is 2.45 bits per heavy atom. The van der Waals surface area contributed by atoms with Crippen LogP contribution in [0.15, 0.2) is 0 Å². The molecule has 2 aliphatic heterocycles. The summed E-state index contributed by atoms with van der Waals surface area (Å²) in [4.78, 5) is 15.0. The Morgan fingerprint density at radius 3 is 3.18 bits per heavy atom. The fourth-order valence-corrected chi connectivity index (χ4v) is 1.67. The summed E-state index contributed by atoms with van der Waals surface area (Å²) in [5.41, 5.74) is 0. The lowest BCUT2D eigenvalue weighted by molar-refractivity contribution is 0.0299. The quantitative estimate of drug-likeness (QED) is 0.484. The standard InChI is InChI=1S/C7H12N2O2/c1-8-4-6-5-11-3-2-9(6)7(8)10/h6H,2-5H2,1H3. The van der Waals surface area contributed by atoms with Crippen molar-refractivity contribution in [1.82, 2.24) is 9.80 Å². The number of ether oxygens (including phenoxy) is 1. The van der Waals surface area contributed by atoms with Crippen LogP contribution in [0.5, 0.6) is 0 Å². The normalized spacial score (nSPS) is 31.0. The van der Waals surface area contributed by atoms with E-state index in [0.717, 1.165) is 13.1 Å². The number of urea groups is 1. The second kappa shape index (κ2) is 2.37. The molecule has 2 aliphatic rings. The van der Waals surface area contributed by atoms with Crippen LogP contribution >= 0.6 is 0 Å². The van der Waals surface area contributed by atoms with Gasteiger partial charge in [0.2, 0.25) is 0 Å². The molecule has 11 heavy (non-hydrogen) atoms. The molecule has 0 aromatic rings. The molecule has 0 aliphatic carbocycles. The lowest BCUT2D eigenvalue weighted by Crippen LogP contribution is -2.43. The van der Waals surface area contributed by atoms with Gasteiger partial charge in [0.15, 0.2) is 0 Å². The molecule has 1 unspecified atom stereocenters. The number of fused-ring (bicyclic) bond motifs is 1. The first kappa shape index (κ1) is 6.91. The first-order chi connectivity index (χ1) is 5.29. The lowest BCUT2D eigenvalue weighted by atomic mass is 10.3. The monoisotopic (exact) mass is 156 g/mol. The molecule has 0 bridgehead atoms. The zero-order chi connectivity index (χ0) is 7.84. The van der Waals surface area contributed by atoms with Gasteiger partial charge in [0.25, 0.3) is 0 Å². The maximum Gasteiger partial charge on any atom is 0.320 e. The van der Waals surface area contributed by atoms with E-state index in [2.05, 4.69) is 0 Å². The third-order valence-electron chi connectivity index (χ3n) is 2.28. The third-order valence-corrected chi connectivity index (χ3v) is 2.28. The van der Waals surface area contributed by atoms with E-state index < -0.39 is 0 Å². The minimum absolute atomic E-state index is 0.151. The zero-order valence-electron chi connectivity index (χ0n) is 6.62. The van der Waals surface area contributed by atoms with Gasteiger partial charge in [-0.2, -0.15) is 0 Å². The van der Waals surface area contributed by atoms with Gasteiger partial charge in [0.05, 0.1) is 19.3 Å². The Hall–Kier alpha value is -0.770. The summed E-state index contributed by atoms with van der Waals surface area (Å²) in [6.07, 6.45) is 0. The second-order valence-corrected chi connectivity index (χ2v) is 3.09. The summed E-state index contributed by atoms with van der Waals surface area (Å²) in [6.45, 7) is 2.97. The van der Waals surface area contributed by atoms with Gasteiger partial charge in [0, 0.05) is 20.1 Å². The first-order valence-electron chi connectivity index (χ1n) is 3.88. The zero-order valence-corrected chi connectivity index (χ0v) is 6.62. The smallest absolute Gasteiger partial charge is 0.320 e. The van der Waals surface area contributed by atoms with Crippen LogP contribution in [0.1, 0.15) is 0 Å². The number of hydrogen-bond acceptors (Lipinski definition) is 2. The molecule has 0 radical (unpaired) electrons. The Balaban J connectivity index is 2.11. The van der Waals surface area contributed by atoms with Crippen LogP contribution in [0.4, 0.5) is 4.79 Å². The van der Waals surface area contributed by atoms with Crippen LogP contribution in [-0.2, 0) is 4.74 Å². The van der Waals surface area contributed by atoms with Gasteiger partial charge in [-0.1, -0.05) is 0 Å². The Bertz CT molecular complexity index is 183. The Morgan fingerprint density at radius 1 is 1.64 bits per heavy atom. The maximum atomic E-state index is 11.3. The van der Waals surface area contributed by atoms with Gasteiger partial charge in [-0.25, -0.2) is 4.79 Å². The maximum absolute atomic E-state index is 11.3. The summed E-state index contributed by atoms with van der Waals surface area (Å²) >= 11 is 0. The van der Waals surface area contributed by atoms with Gasteiger partial charge in [-0.05, 0) is 0 Å². The number of rotatable bonds is 0. The van der Waals surface area contributed by atoms with Crippen LogP contribution in [-0.4, -0.2) is 55.2 Å². The number of carbonyl (C=O) groups is 1. The van der Waals surface area contributed by atoms with Crippen LogP contribution in [0, 0.1) is 0 Å². The molecule has 0 spiro atoms. The van der Waals surface area contributed by atoms with Crippen molar-refractivity contribution >= 4 is 6.03 Å². The Kier molecular flexibility index (Phi) is 1.49. The molecule has 62 valence electrons. The van der Waals surface area contributed by atoms with Crippen molar-refractivity contribution in [2.75, 3.05) is 33.4 Å². The highest BCUT2D eigenvalue weighted by Gasteiger charge is 2.36. The summed E-state index contributed by atoms with van der Waals surface area (Å²) in [7, 11) is 1.83. The number of likely N-dealkylation sites (N-methyl/N-ethyl adjacent to an activating group) is 1. The van der Waals surface area contributed by atoms with Gasteiger partial charge in [-0.3, -0.25) is 0 Å². The molecule has 2 saturated heterocycles. The van der Waals surface area contributed by atoms with Crippen molar-refractivity contribution in [2.24, 2.45) is 0 Å². The second-order valence-electron chi connectivity index (χ2n) is 3.09. The third kappa shape index (κ3) is 0.976. The molecule has 0 aromatic carbocycles. The van der Waals surface area contributed by atoms with Gasteiger partial charge in [-0.15, -0.1) is 0 Å². The topological polar surface area (TPSA) is 32.8 Å². The van der Waals surface area contributed by atoms with Gasteiger partial charge >= 0.3 is 6.03 Å². The number of amides is 2. The van der Waals surface area contributed by atoms with E-state index >= 15 is 0 Å². The molecule has 2 heterocycles. The molecule has 0 aromatic heterocycles. The SMILES string of the molecule is CN1CC2COCCN2C1=O. The summed E-state index contributed by atoms with van der Waals surface area (Å²) < 4.78 is 5.26. The molecule has 2 fully saturated rings. The summed E-state index contributed by atoms with van der Waals surface area (Å²) in [5.74, 6) is 0. The predicted molar refractivity (Wildman–Crippen MR) is 39.3 cm³/mol. The molecule has 4 heteroatoms. The summed E-state index contributed by atoms with van der Waals surface area (Å²) in [6, 6.07) is 0.458. The molecular weight excluding hydrogens is 144 g/mol. The van der Waals surface area contributed by atoms with Crippen LogP contribution in [0.2, 0.25) is 0 Å². The fraction of sp³-hybridized carbons (Fsp3) is 0.857. The largest absolute Gasteiger partial charge is 0.377 e. The highest BCUT2D eigenvalue weighted by molar-refractivity contribution is 5.77. The average molecular weight is 156 g/mol. The van der Waals surface area contributed by atoms with Gasteiger partial charge < -0.3 is 14.5 Å². The highest BCUT2D eigenvalue weighted by Crippen LogP contribution is 2.16. The van der Waals surface area contributed by atoms with Gasteiger partial charge in [0.1, 0.15) is 0 Å². The molecule has 0 saturated carbocycles. The summed E-state index contributed by atoms with van der Waals surface area (Å²) in [5, 5.41) is 0. The Labute approximate surface area is 65.7 Å². The highest BCUT2D eigenvalue weighted by atomic mass is 16.5. The van der Waals surface area contributed by atoms with Crippen LogP contribution < -0.4 is 0 Å². The van der Waals surface area contributed by atoms with E-state index in [1.807, 2.05) is 11.9 Å². The molecule has 1 atom stereocenters. The molecule has 0 N–H and O–H groups in total. The van der Waals surface area contributed by atoms with E-state index in [-0.39, 0.29) is 6.03 Å². The minimum Gasteiger partial charge on any atom is -0.377 e. The van der Waals surface area contributed by atoms with Crippen molar-refractivity contribution in [3.05, 3.63) is 0 Å². The molecule has 2 amide bonds. The first-order valence-corrected chi connectivity index (χ1v) is 3.88. The predicted octanol–water partition coefficient (Wildman–Crippen LogP) is -0.247. The molecule has 2 rings (SSSR count). The molecular formula is C7H12N2O2. The van der Waals surface area contributed by atoms with E-state index in [1.54, 1.807) is 4.90 Å². The molecule has 4 nitrogen and oxygen atoms in total. The van der Waals surface area contributed by atoms with Crippen LogP contribution in [0.3, 0.4) is 0 Å². The van der Waals surface area contributed by atoms with E-state index in [9.17, 15) is 4.79 Å². The number of hydrogen-bond donors (Lipinski definition) is 0. The van der Waals surface area contributed by atoms with E-state index in [1.165, 1.54) is 0 Å². The van der Waals surface area contributed by atoms with Crippen LogP contribution in [0.25, 0.3) is 0 Å². The number of carbonyl (C=O) groups excluding carboxylic acids is 1. The van der Waals surface area contributed by atoms with Crippen molar-refractivity contribution in [2.45, 2.75) is 6.04 Å². The van der Waals surface area contributed by atoms with Crippen molar-refractivity contribution < 1.29 is 9.53 Å². The lowest BCUT2D eigenvalue weighted by Gasteiger charge is -2.27. The van der Waals surface area contributed by atoms with E-state index in [4.69, 9.17) is 4.74 Å². The average Bonchev–Trinajstić information content (AvgIpc) is 2.30. The minimum atomic E-state index is 0.151. The van der Waals surface area contributed by atoms with E-state index in [0.29, 0.717) is 19.3 Å². The number of nitrogens with zero attached hydrogens (tertiary/aromatic N) is 2. The van der Waals surface area contributed by atoms with Crippen molar-refractivity contribution in [1.29, 1.82) is 0 Å². The van der Waals surface area contributed by atoms with Crippen molar-refractivity contribution in [3.8, 4) is 0 Å². The van der Waals surface area contributed by atoms with Crippen molar-refractivity contribution in [3.63, 3.8) is 0 Å². The fourth-order valence-electron chi connectivity index (χ4n) is 1.67.